The van der Waals surface area contributed by atoms with Crippen LogP contribution in [-0.2, 0) is 6.54 Å². The second-order valence-electron chi connectivity index (χ2n) is 5.70. The molecule has 1 saturated carbocycles. The van der Waals surface area contributed by atoms with Gasteiger partial charge in [0.1, 0.15) is 0 Å². The quantitative estimate of drug-likeness (QED) is 0.624. The zero-order chi connectivity index (χ0) is 13.0. The summed E-state index contributed by atoms with van der Waals surface area (Å²) in [5, 5.41) is 4.41. The Morgan fingerprint density at radius 2 is 2.17 bits per heavy atom. The van der Waals surface area contributed by atoms with Crippen molar-refractivity contribution in [2.24, 2.45) is 17.7 Å². The summed E-state index contributed by atoms with van der Waals surface area (Å²) in [6, 6.07) is 0.267. The van der Waals surface area contributed by atoms with Gasteiger partial charge in [-0.2, -0.15) is 5.10 Å². The molecule has 1 aromatic rings. The van der Waals surface area contributed by atoms with Crippen molar-refractivity contribution in [3.8, 4) is 0 Å². The molecule has 1 atom stereocenters. The number of hydrogen-bond acceptors (Lipinski definition) is 3. The zero-order valence-electron chi connectivity index (χ0n) is 11.6. The van der Waals surface area contributed by atoms with Gasteiger partial charge in [0.2, 0.25) is 0 Å². The molecule has 1 aliphatic carbocycles. The molecule has 0 amide bonds. The predicted octanol–water partition coefficient (Wildman–Crippen LogP) is 2.62. The van der Waals surface area contributed by atoms with Crippen LogP contribution in [0.3, 0.4) is 0 Å². The third-order valence-corrected chi connectivity index (χ3v) is 4.18. The van der Waals surface area contributed by atoms with Crippen LogP contribution in [0.4, 0.5) is 0 Å². The molecule has 1 heterocycles. The molecule has 0 spiro atoms. The summed E-state index contributed by atoms with van der Waals surface area (Å²) < 4.78 is 2.02. The Morgan fingerprint density at radius 1 is 1.44 bits per heavy atom. The van der Waals surface area contributed by atoms with Crippen molar-refractivity contribution < 1.29 is 0 Å². The summed E-state index contributed by atoms with van der Waals surface area (Å²) >= 11 is 0. The number of hydrazine groups is 1. The highest BCUT2D eigenvalue weighted by atomic mass is 15.3. The van der Waals surface area contributed by atoms with Gasteiger partial charge in [0.25, 0.3) is 0 Å². The van der Waals surface area contributed by atoms with Crippen molar-refractivity contribution in [2.75, 3.05) is 0 Å². The molecular weight excluding hydrogens is 224 g/mol. The summed E-state index contributed by atoms with van der Waals surface area (Å²) in [7, 11) is 0. The summed E-state index contributed by atoms with van der Waals surface area (Å²) in [6.07, 6.45) is 10.4. The topological polar surface area (TPSA) is 55.9 Å². The average molecular weight is 250 g/mol. The molecule has 0 aliphatic heterocycles. The highest BCUT2D eigenvalue weighted by Gasteiger charge is 2.27. The van der Waals surface area contributed by atoms with Gasteiger partial charge in [-0.25, -0.2) is 0 Å². The SMILES string of the molecule is CCCn1cc(C(NN)C2CCC(C)CC2)cn1. The number of rotatable bonds is 5. The maximum absolute atomic E-state index is 5.77. The Kier molecular flexibility index (Phi) is 4.78. The molecule has 0 bridgehead atoms. The number of hydrogen-bond donors (Lipinski definition) is 2. The first kappa shape index (κ1) is 13.6. The van der Waals surface area contributed by atoms with Crippen LogP contribution in [0.2, 0.25) is 0 Å². The maximum Gasteiger partial charge on any atom is 0.0538 e. The molecular formula is C14H26N4. The van der Waals surface area contributed by atoms with E-state index in [9.17, 15) is 0 Å². The first-order chi connectivity index (χ1) is 8.74. The van der Waals surface area contributed by atoms with Crippen molar-refractivity contribution in [1.82, 2.24) is 15.2 Å². The maximum atomic E-state index is 5.77. The molecule has 1 fully saturated rings. The van der Waals surface area contributed by atoms with E-state index in [2.05, 4.69) is 30.6 Å². The van der Waals surface area contributed by atoms with Gasteiger partial charge in [0, 0.05) is 18.3 Å². The highest BCUT2D eigenvalue weighted by molar-refractivity contribution is 5.12. The number of nitrogens with two attached hydrogens (primary N) is 1. The van der Waals surface area contributed by atoms with Crippen LogP contribution in [-0.4, -0.2) is 9.78 Å². The van der Waals surface area contributed by atoms with E-state index in [4.69, 9.17) is 5.84 Å². The fraction of sp³-hybridized carbons (Fsp3) is 0.786. The summed E-state index contributed by atoms with van der Waals surface area (Å²) in [5.41, 5.74) is 4.25. The lowest BCUT2D eigenvalue weighted by atomic mass is 9.78. The Labute approximate surface area is 110 Å². The number of aromatic nitrogens is 2. The second kappa shape index (κ2) is 6.34. The van der Waals surface area contributed by atoms with Crippen molar-refractivity contribution in [3.63, 3.8) is 0 Å². The van der Waals surface area contributed by atoms with E-state index in [1.54, 1.807) is 0 Å². The van der Waals surface area contributed by atoms with E-state index in [1.165, 1.54) is 31.2 Å². The molecule has 1 aromatic heterocycles. The lowest BCUT2D eigenvalue weighted by Crippen LogP contribution is -2.35. The Morgan fingerprint density at radius 3 is 2.78 bits per heavy atom. The monoisotopic (exact) mass is 250 g/mol. The first-order valence-electron chi connectivity index (χ1n) is 7.23. The van der Waals surface area contributed by atoms with Crippen LogP contribution < -0.4 is 11.3 Å². The van der Waals surface area contributed by atoms with E-state index in [1.807, 2.05) is 10.9 Å². The average Bonchev–Trinajstić information content (AvgIpc) is 2.82. The van der Waals surface area contributed by atoms with Gasteiger partial charge in [-0.15, -0.1) is 0 Å². The minimum Gasteiger partial charge on any atom is -0.272 e. The summed E-state index contributed by atoms with van der Waals surface area (Å²) in [4.78, 5) is 0. The predicted molar refractivity (Wildman–Crippen MR) is 73.7 cm³/mol. The third kappa shape index (κ3) is 3.12. The van der Waals surface area contributed by atoms with E-state index in [0.29, 0.717) is 5.92 Å². The number of aryl methyl sites for hydroxylation is 1. The van der Waals surface area contributed by atoms with E-state index in [0.717, 1.165) is 18.9 Å². The van der Waals surface area contributed by atoms with Gasteiger partial charge < -0.3 is 0 Å². The molecule has 1 aliphatic rings. The summed E-state index contributed by atoms with van der Waals surface area (Å²) in [5.74, 6) is 7.30. The fourth-order valence-corrected chi connectivity index (χ4v) is 3.02. The third-order valence-electron chi connectivity index (χ3n) is 4.18. The van der Waals surface area contributed by atoms with E-state index < -0.39 is 0 Å². The van der Waals surface area contributed by atoms with Crippen molar-refractivity contribution in [3.05, 3.63) is 18.0 Å². The van der Waals surface area contributed by atoms with Gasteiger partial charge in [-0.05, 0) is 31.1 Å². The van der Waals surface area contributed by atoms with Crippen LogP contribution in [0.5, 0.6) is 0 Å². The second-order valence-corrected chi connectivity index (χ2v) is 5.70. The smallest absolute Gasteiger partial charge is 0.0538 e. The molecule has 4 heteroatoms. The molecule has 18 heavy (non-hydrogen) atoms. The Balaban J connectivity index is 2.02. The van der Waals surface area contributed by atoms with E-state index in [-0.39, 0.29) is 6.04 Å². The van der Waals surface area contributed by atoms with E-state index >= 15 is 0 Å². The lowest BCUT2D eigenvalue weighted by molar-refractivity contribution is 0.232. The lowest BCUT2D eigenvalue weighted by Gasteiger charge is -2.31. The molecule has 2 rings (SSSR count). The fourth-order valence-electron chi connectivity index (χ4n) is 3.02. The molecule has 4 nitrogen and oxygen atoms in total. The summed E-state index contributed by atoms with van der Waals surface area (Å²) in [6.45, 7) is 5.50. The first-order valence-corrected chi connectivity index (χ1v) is 7.23. The zero-order valence-corrected chi connectivity index (χ0v) is 11.6. The molecule has 0 radical (unpaired) electrons. The van der Waals surface area contributed by atoms with Gasteiger partial charge >= 0.3 is 0 Å². The number of nitrogens with zero attached hydrogens (tertiary/aromatic N) is 2. The Hall–Kier alpha value is -0.870. The van der Waals surface area contributed by atoms with Crippen LogP contribution in [0, 0.1) is 11.8 Å². The van der Waals surface area contributed by atoms with Crippen LogP contribution in [0.25, 0.3) is 0 Å². The minimum absolute atomic E-state index is 0.267. The molecule has 102 valence electrons. The Bertz CT molecular complexity index is 352. The van der Waals surface area contributed by atoms with Crippen molar-refractivity contribution in [1.29, 1.82) is 0 Å². The molecule has 0 aromatic carbocycles. The van der Waals surface area contributed by atoms with Gasteiger partial charge in [0.15, 0.2) is 0 Å². The van der Waals surface area contributed by atoms with Gasteiger partial charge in [-0.3, -0.25) is 16.0 Å². The van der Waals surface area contributed by atoms with Crippen LogP contribution in [0.15, 0.2) is 12.4 Å². The highest BCUT2D eigenvalue weighted by Crippen LogP contribution is 2.36. The van der Waals surface area contributed by atoms with Gasteiger partial charge in [0.05, 0.1) is 12.2 Å². The molecule has 1 unspecified atom stereocenters. The largest absolute Gasteiger partial charge is 0.272 e. The standard InChI is InChI=1S/C14H26N4/c1-3-8-18-10-13(9-16-18)14(17-15)12-6-4-11(2)5-7-12/h9-12,14,17H,3-8,15H2,1-2H3. The minimum atomic E-state index is 0.267. The van der Waals surface area contributed by atoms with Crippen LogP contribution >= 0.6 is 0 Å². The molecule has 3 N–H and O–H groups in total. The molecule has 0 saturated heterocycles. The van der Waals surface area contributed by atoms with Crippen molar-refractivity contribution in [2.45, 2.75) is 58.5 Å². The number of nitrogens with one attached hydrogen (secondary N) is 1. The van der Waals surface area contributed by atoms with Gasteiger partial charge in [-0.1, -0.05) is 26.7 Å². The normalized spacial score (nSPS) is 26.2. The van der Waals surface area contributed by atoms with Crippen molar-refractivity contribution >= 4 is 0 Å². The van der Waals surface area contributed by atoms with Crippen LogP contribution in [0.1, 0.15) is 57.6 Å².